The van der Waals surface area contributed by atoms with Crippen molar-refractivity contribution < 1.29 is 4.74 Å². The van der Waals surface area contributed by atoms with Gasteiger partial charge in [0.15, 0.2) is 5.13 Å². The molecule has 5 nitrogen and oxygen atoms in total. The highest BCUT2D eigenvalue weighted by molar-refractivity contribution is 7.13. The van der Waals surface area contributed by atoms with Crippen LogP contribution < -0.4 is 10.2 Å². The fourth-order valence-corrected chi connectivity index (χ4v) is 3.09. The molecule has 1 aliphatic rings. The minimum atomic E-state index is 0.831. The van der Waals surface area contributed by atoms with Crippen molar-refractivity contribution in [2.24, 2.45) is 0 Å². The highest BCUT2D eigenvalue weighted by Crippen LogP contribution is 2.18. The lowest BCUT2D eigenvalue weighted by Crippen LogP contribution is -2.48. The largest absolute Gasteiger partial charge is 0.380 e. The molecular formula is C15H28N4OS. The first kappa shape index (κ1) is 16.7. The van der Waals surface area contributed by atoms with E-state index in [-0.39, 0.29) is 0 Å². The number of piperazine rings is 1. The third-order valence-corrected chi connectivity index (χ3v) is 4.56. The highest BCUT2D eigenvalue weighted by atomic mass is 32.1. The third-order valence-electron chi connectivity index (χ3n) is 3.73. The molecule has 1 aromatic heterocycles. The van der Waals surface area contributed by atoms with E-state index < -0.39 is 0 Å². The van der Waals surface area contributed by atoms with Gasteiger partial charge in [-0.3, -0.25) is 4.90 Å². The number of thiazole rings is 1. The summed E-state index contributed by atoms with van der Waals surface area (Å²) in [5.41, 5.74) is 0. The first-order valence-electron chi connectivity index (χ1n) is 8.05. The number of nitrogens with zero attached hydrogens (tertiary/aromatic N) is 3. The highest BCUT2D eigenvalue weighted by Gasteiger charge is 2.17. The minimum Gasteiger partial charge on any atom is -0.380 e. The number of hydrogen-bond donors (Lipinski definition) is 1. The molecule has 0 bridgehead atoms. The molecule has 0 aromatic carbocycles. The number of hydrogen-bond acceptors (Lipinski definition) is 6. The summed E-state index contributed by atoms with van der Waals surface area (Å²) in [6.07, 6.45) is 4.27. The Morgan fingerprint density at radius 3 is 2.81 bits per heavy atom. The number of anilines is 1. The van der Waals surface area contributed by atoms with Crippen LogP contribution in [0.25, 0.3) is 0 Å². The molecule has 1 aromatic rings. The van der Waals surface area contributed by atoms with Crippen molar-refractivity contribution in [3.63, 3.8) is 0 Å². The molecule has 2 heterocycles. The molecule has 1 N–H and O–H groups in total. The molecule has 1 fully saturated rings. The normalized spacial score (nSPS) is 16.5. The molecule has 1 saturated heterocycles. The minimum absolute atomic E-state index is 0.831. The van der Waals surface area contributed by atoms with Gasteiger partial charge in [0.05, 0.1) is 6.61 Å². The maximum Gasteiger partial charge on any atom is 0.185 e. The molecule has 0 saturated carbocycles. The smallest absolute Gasteiger partial charge is 0.185 e. The van der Waals surface area contributed by atoms with E-state index in [0.717, 1.165) is 64.2 Å². The Labute approximate surface area is 132 Å². The van der Waals surface area contributed by atoms with Gasteiger partial charge < -0.3 is 15.0 Å². The van der Waals surface area contributed by atoms with Crippen LogP contribution in [-0.4, -0.2) is 68.9 Å². The van der Waals surface area contributed by atoms with E-state index in [0.29, 0.717) is 0 Å². The number of ether oxygens (including phenoxy) is 1. The summed E-state index contributed by atoms with van der Waals surface area (Å²) >= 11 is 1.73. The lowest BCUT2D eigenvalue weighted by Gasteiger charge is -2.34. The van der Waals surface area contributed by atoms with Crippen molar-refractivity contribution in [3.8, 4) is 0 Å². The Morgan fingerprint density at radius 1 is 1.24 bits per heavy atom. The van der Waals surface area contributed by atoms with E-state index in [9.17, 15) is 0 Å². The summed E-state index contributed by atoms with van der Waals surface area (Å²) in [7, 11) is 0. The zero-order valence-corrected chi connectivity index (χ0v) is 13.9. The van der Waals surface area contributed by atoms with Gasteiger partial charge in [-0.15, -0.1) is 11.3 Å². The molecule has 0 amide bonds. The molecule has 21 heavy (non-hydrogen) atoms. The Hall–Kier alpha value is -0.690. The molecule has 0 unspecified atom stereocenters. The van der Waals surface area contributed by atoms with Gasteiger partial charge in [-0.25, -0.2) is 4.98 Å². The lowest BCUT2D eigenvalue weighted by atomic mass is 10.3. The Morgan fingerprint density at radius 2 is 2.10 bits per heavy atom. The number of aromatic nitrogens is 1. The predicted molar refractivity (Wildman–Crippen MR) is 89.4 cm³/mol. The maximum atomic E-state index is 5.53. The summed E-state index contributed by atoms with van der Waals surface area (Å²) in [5, 5.41) is 6.67. The summed E-state index contributed by atoms with van der Waals surface area (Å²) in [6.45, 7) is 11.5. The van der Waals surface area contributed by atoms with Crippen molar-refractivity contribution in [1.82, 2.24) is 15.2 Å². The van der Waals surface area contributed by atoms with E-state index >= 15 is 0 Å². The van der Waals surface area contributed by atoms with Gasteiger partial charge in [0.1, 0.15) is 0 Å². The first-order chi connectivity index (χ1) is 10.4. The standard InChI is InChI=1S/C15H28N4OS/c1-2-3-12-20-13-5-16-4-7-18-8-10-19(11-9-18)15-17-6-14-21-15/h6,14,16H,2-5,7-13H2,1H3. The number of rotatable bonds is 10. The molecule has 1 aliphatic heterocycles. The molecule has 2 rings (SSSR count). The average Bonchev–Trinajstić information content (AvgIpc) is 3.05. The van der Waals surface area contributed by atoms with Crippen LogP contribution in [0.15, 0.2) is 11.6 Å². The van der Waals surface area contributed by atoms with Crippen LogP contribution in [0, 0.1) is 0 Å². The van der Waals surface area contributed by atoms with Gasteiger partial charge in [-0.2, -0.15) is 0 Å². The van der Waals surface area contributed by atoms with Crippen molar-refractivity contribution in [2.75, 3.05) is 63.9 Å². The van der Waals surface area contributed by atoms with Gasteiger partial charge in [0.2, 0.25) is 0 Å². The Balaban J connectivity index is 1.46. The second-order valence-corrected chi connectivity index (χ2v) is 6.23. The summed E-state index contributed by atoms with van der Waals surface area (Å²) in [4.78, 5) is 9.29. The summed E-state index contributed by atoms with van der Waals surface area (Å²) < 4.78 is 5.53. The molecule has 0 atom stereocenters. The monoisotopic (exact) mass is 312 g/mol. The average molecular weight is 312 g/mol. The number of nitrogens with one attached hydrogen (secondary N) is 1. The van der Waals surface area contributed by atoms with E-state index in [1.165, 1.54) is 12.8 Å². The molecule has 0 aliphatic carbocycles. The van der Waals surface area contributed by atoms with Gasteiger partial charge in [-0.05, 0) is 6.42 Å². The van der Waals surface area contributed by atoms with Crippen LogP contribution in [0.2, 0.25) is 0 Å². The van der Waals surface area contributed by atoms with E-state index in [1.54, 1.807) is 11.3 Å². The second kappa shape index (κ2) is 10.1. The lowest BCUT2D eigenvalue weighted by molar-refractivity contribution is 0.132. The van der Waals surface area contributed by atoms with Gasteiger partial charge in [0.25, 0.3) is 0 Å². The van der Waals surface area contributed by atoms with E-state index in [4.69, 9.17) is 4.74 Å². The van der Waals surface area contributed by atoms with Crippen LogP contribution >= 0.6 is 11.3 Å². The van der Waals surface area contributed by atoms with Crippen molar-refractivity contribution in [3.05, 3.63) is 11.6 Å². The fraction of sp³-hybridized carbons (Fsp3) is 0.800. The fourth-order valence-electron chi connectivity index (χ4n) is 2.39. The number of unbranched alkanes of at least 4 members (excludes halogenated alkanes) is 1. The van der Waals surface area contributed by atoms with Crippen LogP contribution in [0.1, 0.15) is 19.8 Å². The zero-order valence-electron chi connectivity index (χ0n) is 13.1. The zero-order chi connectivity index (χ0) is 14.8. The summed E-state index contributed by atoms with van der Waals surface area (Å²) in [5.74, 6) is 0. The Kier molecular flexibility index (Phi) is 8.03. The van der Waals surface area contributed by atoms with Crippen LogP contribution in [0.4, 0.5) is 5.13 Å². The van der Waals surface area contributed by atoms with Crippen molar-refractivity contribution >= 4 is 16.5 Å². The van der Waals surface area contributed by atoms with E-state index in [2.05, 4.69) is 27.0 Å². The van der Waals surface area contributed by atoms with Crippen LogP contribution in [-0.2, 0) is 4.74 Å². The predicted octanol–water partition coefficient (Wildman–Crippen LogP) is 1.67. The molecular weight excluding hydrogens is 284 g/mol. The third kappa shape index (κ3) is 6.30. The van der Waals surface area contributed by atoms with Crippen LogP contribution in [0.3, 0.4) is 0 Å². The van der Waals surface area contributed by atoms with Gasteiger partial charge >= 0.3 is 0 Å². The SMILES string of the molecule is CCCCOCCNCCN1CCN(c2nccs2)CC1. The maximum absolute atomic E-state index is 5.53. The van der Waals surface area contributed by atoms with E-state index in [1.807, 2.05) is 11.6 Å². The molecule has 0 radical (unpaired) electrons. The summed E-state index contributed by atoms with van der Waals surface area (Å²) in [6, 6.07) is 0. The first-order valence-corrected chi connectivity index (χ1v) is 8.93. The Bertz CT molecular complexity index is 353. The van der Waals surface area contributed by atoms with Crippen molar-refractivity contribution in [2.45, 2.75) is 19.8 Å². The quantitative estimate of drug-likeness (QED) is 0.666. The van der Waals surface area contributed by atoms with Crippen molar-refractivity contribution in [1.29, 1.82) is 0 Å². The molecule has 120 valence electrons. The molecule has 6 heteroatoms. The topological polar surface area (TPSA) is 40.6 Å². The molecule has 0 spiro atoms. The van der Waals surface area contributed by atoms with Gasteiger partial charge in [-0.1, -0.05) is 13.3 Å². The second-order valence-electron chi connectivity index (χ2n) is 5.36. The van der Waals surface area contributed by atoms with Crippen LogP contribution in [0.5, 0.6) is 0 Å². The van der Waals surface area contributed by atoms with Gasteiger partial charge in [0, 0.05) is 64.0 Å².